The molecule has 2 N–H and O–H groups in total. The standard InChI is InChI=1S/C23H17Cl2NO6/c1-31-18-10-13(4-6-15(18)24)21(28)19-20(12-5-7-17(27)16(25)9-12)26(23(30)22(19)29)11-14-3-2-8-32-14/h2-10,20,27-28H,11H2,1H3/b21-19-. The van der Waals surface area contributed by atoms with E-state index in [2.05, 4.69) is 0 Å². The number of amides is 1. The molecule has 3 aromatic rings. The molecule has 0 spiro atoms. The number of aliphatic hydroxyl groups is 1. The van der Waals surface area contributed by atoms with Gasteiger partial charge in [-0.1, -0.05) is 29.3 Å². The van der Waals surface area contributed by atoms with Gasteiger partial charge in [-0.3, -0.25) is 9.59 Å². The Morgan fingerprint density at radius 3 is 2.56 bits per heavy atom. The SMILES string of the molecule is COc1cc(/C(O)=C2/C(=O)C(=O)N(Cc3ccco3)C2c2ccc(O)c(Cl)c2)ccc1Cl. The third-order valence-electron chi connectivity index (χ3n) is 5.16. The van der Waals surface area contributed by atoms with Crippen LogP contribution in [0.25, 0.3) is 5.76 Å². The Balaban J connectivity index is 1.90. The molecule has 1 aliphatic heterocycles. The van der Waals surface area contributed by atoms with Gasteiger partial charge in [-0.05, 0) is 48.0 Å². The zero-order chi connectivity index (χ0) is 23.0. The molecule has 2 heterocycles. The van der Waals surface area contributed by atoms with E-state index in [9.17, 15) is 19.8 Å². The minimum atomic E-state index is -0.972. The molecule has 1 amide bonds. The molecule has 0 aliphatic carbocycles. The lowest BCUT2D eigenvalue weighted by Gasteiger charge is -2.24. The Kier molecular flexibility index (Phi) is 5.86. The number of phenols is 1. The first-order valence-electron chi connectivity index (χ1n) is 9.45. The van der Waals surface area contributed by atoms with Crippen molar-refractivity contribution in [3.05, 3.63) is 87.3 Å². The number of ketones is 1. The second-order valence-electron chi connectivity index (χ2n) is 7.07. The summed E-state index contributed by atoms with van der Waals surface area (Å²) in [4.78, 5) is 27.3. The van der Waals surface area contributed by atoms with Crippen LogP contribution in [0.5, 0.6) is 11.5 Å². The van der Waals surface area contributed by atoms with Gasteiger partial charge < -0.3 is 24.3 Å². The number of carbonyl (C=O) groups excluding carboxylic acids is 2. The van der Waals surface area contributed by atoms with Crippen LogP contribution in [-0.2, 0) is 16.1 Å². The largest absolute Gasteiger partial charge is 0.507 e. The number of hydrogen-bond acceptors (Lipinski definition) is 6. The first-order chi connectivity index (χ1) is 15.3. The van der Waals surface area contributed by atoms with Crippen molar-refractivity contribution in [2.75, 3.05) is 7.11 Å². The van der Waals surface area contributed by atoms with Crippen LogP contribution in [0.15, 0.2) is 64.8 Å². The lowest BCUT2D eigenvalue weighted by molar-refractivity contribution is -0.140. The molecule has 164 valence electrons. The number of likely N-dealkylation sites (tertiary alicyclic amines) is 1. The van der Waals surface area contributed by atoms with Gasteiger partial charge in [0.2, 0.25) is 0 Å². The molecule has 1 saturated heterocycles. The Bertz CT molecular complexity index is 1240. The van der Waals surface area contributed by atoms with Gasteiger partial charge in [0, 0.05) is 5.56 Å². The monoisotopic (exact) mass is 473 g/mol. The molecular formula is C23H17Cl2NO6. The molecule has 0 bridgehead atoms. The Morgan fingerprint density at radius 1 is 1.12 bits per heavy atom. The summed E-state index contributed by atoms with van der Waals surface area (Å²) in [5, 5.41) is 21.3. The normalized spacial score (nSPS) is 17.7. The number of methoxy groups -OCH3 is 1. The molecule has 32 heavy (non-hydrogen) atoms. The third-order valence-corrected chi connectivity index (χ3v) is 5.77. The van der Waals surface area contributed by atoms with Crippen LogP contribution in [0.1, 0.15) is 22.9 Å². The van der Waals surface area contributed by atoms with Crippen molar-refractivity contribution in [1.29, 1.82) is 0 Å². The van der Waals surface area contributed by atoms with Crippen LogP contribution < -0.4 is 4.74 Å². The van der Waals surface area contributed by atoms with E-state index in [1.807, 2.05) is 0 Å². The van der Waals surface area contributed by atoms with Gasteiger partial charge in [-0.15, -0.1) is 0 Å². The van der Waals surface area contributed by atoms with E-state index >= 15 is 0 Å². The molecule has 0 saturated carbocycles. The van der Waals surface area contributed by atoms with Crippen molar-refractivity contribution in [3.8, 4) is 11.5 Å². The second-order valence-corrected chi connectivity index (χ2v) is 7.88. The van der Waals surface area contributed by atoms with Gasteiger partial charge >= 0.3 is 0 Å². The van der Waals surface area contributed by atoms with E-state index in [0.29, 0.717) is 22.1 Å². The minimum absolute atomic E-state index is 0.0124. The van der Waals surface area contributed by atoms with Gasteiger partial charge in [-0.25, -0.2) is 0 Å². The van der Waals surface area contributed by atoms with Gasteiger partial charge in [0.25, 0.3) is 11.7 Å². The average Bonchev–Trinajstić information content (AvgIpc) is 3.38. The fourth-order valence-corrected chi connectivity index (χ4v) is 4.00. The molecule has 4 rings (SSSR count). The molecule has 9 heteroatoms. The lowest BCUT2D eigenvalue weighted by Crippen LogP contribution is -2.29. The fraction of sp³-hybridized carbons (Fsp3) is 0.130. The highest BCUT2D eigenvalue weighted by molar-refractivity contribution is 6.46. The highest BCUT2D eigenvalue weighted by atomic mass is 35.5. The summed E-state index contributed by atoms with van der Waals surface area (Å²) in [5.74, 6) is -1.47. The maximum atomic E-state index is 13.0. The van der Waals surface area contributed by atoms with Gasteiger partial charge in [0.15, 0.2) is 0 Å². The number of nitrogens with zero attached hydrogens (tertiary/aromatic N) is 1. The average molecular weight is 474 g/mol. The van der Waals surface area contributed by atoms with Gasteiger partial charge in [0.05, 0.1) is 41.6 Å². The van der Waals surface area contributed by atoms with Crippen LogP contribution in [0.3, 0.4) is 0 Å². The van der Waals surface area contributed by atoms with Crippen LogP contribution in [0.4, 0.5) is 0 Å². The number of hydrogen-bond donors (Lipinski definition) is 2. The highest BCUT2D eigenvalue weighted by Crippen LogP contribution is 2.42. The first kappa shape index (κ1) is 21.8. The van der Waals surface area contributed by atoms with Crippen molar-refractivity contribution >= 4 is 40.7 Å². The second kappa shape index (κ2) is 8.61. The summed E-state index contributed by atoms with van der Waals surface area (Å²) in [5.41, 5.74) is 0.547. The van der Waals surface area contributed by atoms with Crippen LogP contribution in [0.2, 0.25) is 10.0 Å². The first-order valence-corrected chi connectivity index (χ1v) is 10.2. The molecule has 7 nitrogen and oxygen atoms in total. The third kappa shape index (κ3) is 3.81. The molecule has 0 radical (unpaired) electrons. The molecule has 2 aromatic carbocycles. The lowest BCUT2D eigenvalue weighted by atomic mass is 9.95. The van der Waals surface area contributed by atoms with E-state index in [4.69, 9.17) is 32.4 Å². The zero-order valence-corrected chi connectivity index (χ0v) is 18.2. The number of ether oxygens (including phenoxy) is 1. The maximum Gasteiger partial charge on any atom is 0.296 e. The number of carbonyl (C=O) groups is 2. The summed E-state index contributed by atoms with van der Waals surface area (Å²) in [6, 6.07) is 11.2. The Morgan fingerprint density at radius 2 is 1.91 bits per heavy atom. The van der Waals surface area contributed by atoms with Crippen LogP contribution in [0, 0.1) is 0 Å². The molecule has 1 fully saturated rings. The van der Waals surface area contributed by atoms with Crippen molar-refractivity contribution in [3.63, 3.8) is 0 Å². The number of Topliss-reactive ketones (excluding diaryl/α,β-unsaturated/α-hetero) is 1. The van der Waals surface area contributed by atoms with Crippen LogP contribution in [-0.4, -0.2) is 33.9 Å². The number of benzene rings is 2. The van der Waals surface area contributed by atoms with E-state index in [0.717, 1.165) is 0 Å². The summed E-state index contributed by atoms with van der Waals surface area (Å²) in [7, 11) is 1.42. The molecular weight excluding hydrogens is 457 g/mol. The maximum absolute atomic E-state index is 13.0. The van der Waals surface area contributed by atoms with Crippen LogP contribution >= 0.6 is 23.2 Å². The topological polar surface area (TPSA) is 100 Å². The van der Waals surface area contributed by atoms with Crippen molar-refractivity contribution < 1.29 is 29.0 Å². The Hall–Kier alpha value is -3.42. The summed E-state index contributed by atoms with van der Waals surface area (Å²) in [6.45, 7) is -0.0124. The Labute approximate surface area is 193 Å². The summed E-state index contributed by atoms with van der Waals surface area (Å²) < 4.78 is 10.5. The van der Waals surface area contributed by atoms with E-state index in [1.165, 1.54) is 54.7 Å². The van der Waals surface area contributed by atoms with Crippen molar-refractivity contribution in [2.45, 2.75) is 12.6 Å². The van der Waals surface area contributed by atoms with Gasteiger partial charge in [-0.2, -0.15) is 0 Å². The minimum Gasteiger partial charge on any atom is -0.507 e. The number of aliphatic hydroxyl groups excluding tert-OH is 1. The number of phenolic OH excluding ortho intramolecular Hbond substituents is 1. The van der Waals surface area contributed by atoms with E-state index in [1.54, 1.807) is 12.1 Å². The molecule has 1 unspecified atom stereocenters. The number of furan rings is 1. The number of halogens is 2. The zero-order valence-electron chi connectivity index (χ0n) is 16.7. The molecule has 1 atom stereocenters. The number of rotatable bonds is 5. The summed E-state index contributed by atoms with van der Waals surface area (Å²) in [6.07, 6.45) is 1.46. The smallest absolute Gasteiger partial charge is 0.296 e. The predicted octanol–water partition coefficient (Wildman–Crippen LogP) is 4.92. The molecule has 1 aliphatic rings. The highest BCUT2D eigenvalue weighted by Gasteiger charge is 2.46. The van der Waals surface area contributed by atoms with E-state index < -0.39 is 23.5 Å². The predicted molar refractivity (Wildman–Crippen MR) is 118 cm³/mol. The molecule has 1 aromatic heterocycles. The number of aromatic hydroxyl groups is 1. The van der Waals surface area contributed by atoms with Crippen molar-refractivity contribution in [2.24, 2.45) is 0 Å². The van der Waals surface area contributed by atoms with Gasteiger partial charge in [0.1, 0.15) is 23.0 Å². The quantitative estimate of drug-likeness (QED) is 0.309. The van der Waals surface area contributed by atoms with E-state index in [-0.39, 0.29) is 28.5 Å². The van der Waals surface area contributed by atoms with Crippen molar-refractivity contribution in [1.82, 2.24) is 4.90 Å². The fourth-order valence-electron chi connectivity index (χ4n) is 3.62. The summed E-state index contributed by atoms with van der Waals surface area (Å²) >= 11 is 12.2.